The average Bonchev–Trinajstić information content (AvgIpc) is 3.31. The van der Waals surface area contributed by atoms with Crippen molar-refractivity contribution in [1.82, 2.24) is 20.5 Å². The first-order valence-electron chi connectivity index (χ1n) is 13.3. The number of ether oxygens (including phenoxy) is 1. The maximum absolute atomic E-state index is 13.6. The smallest absolute Gasteiger partial charge is 0.410 e. The van der Waals surface area contributed by atoms with Gasteiger partial charge in [-0.1, -0.05) is 26.0 Å². The highest BCUT2D eigenvalue weighted by Gasteiger charge is 2.68. The number of fused-ring (bicyclic) bond motifs is 2. The Bertz CT molecular complexity index is 1250. The molecule has 3 fully saturated rings. The molecule has 5 rings (SSSR count). The molecule has 1 aromatic heterocycles. The van der Waals surface area contributed by atoms with Gasteiger partial charge in [-0.25, -0.2) is 9.78 Å². The van der Waals surface area contributed by atoms with Crippen LogP contribution in [0.4, 0.5) is 4.79 Å². The number of carbonyl (C=O) groups excluding carboxylic acids is 4. The molecule has 0 spiro atoms. The molecule has 3 amide bonds. The molecule has 5 atom stereocenters. The summed E-state index contributed by atoms with van der Waals surface area (Å²) >= 11 is 1.29. The van der Waals surface area contributed by atoms with E-state index in [9.17, 15) is 19.2 Å². The second-order valence-electron chi connectivity index (χ2n) is 12.3. The van der Waals surface area contributed by atoms with Gasteiger partial charge in [-0.05, 0) is 63.0 Å². The van der Waals surface area contributed by atoms with Crippen molar-refractivity contribution in [2.24, 2.45) is 23.2 Å². The van der Waals surface area contributed by atoms with Crippen LogP contribution in [0.5, 0.6) is 0 Å². The molecule has 3 aliphatic rings. The van der Waals surface area contributed by atoms with E-state index in [1.807, 2.05) is 45.0 Å². The third-order valence-electron chi connectivity index (χ3n) is 8.21. The summed E-state index contributed by atoms with van der Waals surface area (Å²) in [5.41, 5.74) is 0.134. The van der Waals surface area contributed by atoms with Gasteiger partial charge < -0.3 is 20.3 Å². The van der Waals surface area contributed by atoms with Crippen LogP contribution in [-0.2, 0) is 14.3 Å². The molecule has 38 heavy (non-hydrogen) atoms. The summed E-state index contributed by atoms with van der Waals surface area (Å²) < 4.78 is 6.52. The third kappa shape index (κ3) is 5.15. The first kappa shape index (κ1) is 26.6. The molecule has 3 heterocycles. The SMILES string of the molecule is CC(C)(C)OC(=O)N1C[C@H]2[C@@H]([C@H]1CC(=O)N[C@@H](C[C@@H]1CCNC1=O)C(=O)c1nc3ccccc3s1)C2(C)C. The number of hydrogen-bond donors (Lipinski definition) is 2. The topological polar surface area (TPSA) is 118 Å². The molecular weight excluding hydrogens is 504 g/mol. The fourth-order valence-corrected chi connectivity index (χ4v) is 7.12. The Hall–Kier alpha value is -3.01. The van der Waals surface area contributed by atoms with Crippen molar-refractivity contribution in [3.63, 3.8) is 0 Å². The number of carbonyl (C=O) groups is 4. The zero-order valence-electron chi connectivity index (χ0n) is 22.6. The van der Waals surface area contributed by atoms with Gasteiger partial charge in [-0.15, -0.1) is 11.3 Å². The van der Waals surface area contributed by atoms with Crippen LogP contribution in [0.3, 0.4) is 0 Å². The van der Waals surface area contributed by atoms with Crippen LogP contribution < -0.4 is 10.6 Å². The van der Waals surface area contributed by atoms with Gasteiger partial charge in [0.1, 0.15) is 5.60 Å². The predicted molar refractivity (Wildman–Crippen MR) is 144 cm³/mol. The molecule has 1 aliphatic carbocycles. The molecule has 10 heteroatoms. The fourth-order valence-electron chi connectivity index (χ4n) is 6.16. The van der Waals surface area contributed by atoms with Gasteiger partial charge in [-0.3, -0.25) is 14.4 Å². The lowest BCUT2D eigenvalue weighted by Crippen LogP contribution is -2.48. The van der Waals surface area contributed by atoms with Gasteiger partial charge >= 0.3 is 6.09 Å². The summed E-state index contributed by atoms with van der Waals surface area (Å²) in [6.45, 7) is 10.9. The molecule has 9 nitrogen and oxygen atoms in total. The van der Waals surface area contributed by atoms with Crippen LogP contribution >= 0.6 is 11.3 Å². The molecule has 1 aromatic carbocycles. The van der Waals surface area contributed by atoms with Crippen molar-refractivity contribution in [1.29, 1.82) is 0 Å². The Labute approximate surface area is 226 Å². The van der Waals surface area contributed by atoms with Crippen LogP contribution in [0.15, 0.2) is 24.3 Å². The Balaban J connectivity index is 1.34. The van der Waals surface area contributed by atoms with Crippen LogP contribution in [0.2, 0.25) is 0 Å². The minimum atomic E-state index is -0.878. The van der Waals surface area contributed by atoms with Crippen LogP contribution in [0.25, 0.3) is 10.2 Å². The summed E-state index contributed by atoms with van der Waals surface area (Å²) in [6, 6.07) is 6.32. The number of benzene rings is 1. The Kier molecular flexibility index (Phi) is 6.74. The normalized spacial score (nSPS) is 26.6. The van der Waals surface area contributed by atoms with Crippen molar-refractivity contribution in [2.75, 3.05) is 13.1 Å². The number of aromatic nitrogens is 1. The maximum Gasteiger partial charge on any atom is 0.410 e. The highest BCUT2D eigenvalue weighted by atomic mass is 32.1. The molecule has 2 N–H and O–H groups in total. The van der Waals surface area contributed by atoms with Crippen molar-refractivity contribution >= 4 is 45.2 Å². The van der Waals surface area contributed by atoms with E-state index in [-0.39, 0.29) is 53.7 Å². The number of nitrogens with zero attached hydrogens (tertiary/aromatic N) is 2. The second-order valence-corrected chi connectivity index (χ2v) is 13.4. The first-order chi connectivity index (χ1) is 17.8. The summed E-state index contributed by atoms with van der Waals surface area (Å²) in [6.07, 6.45) is 0.489. The molecule has 1 saturated carbocycles. The third-order valence-corrected chi connectivity index (χ3v) is 9.26. The van der Waals surface area contributed by atoms with Gasteiger partial charge in [0.2, 0.25) is 17.6 Å². The van der Waals surface area contributed by atoms with E-state index >= 15 is 0 Å². The summed E-state index contributed by atoms with van der Waals surface area (Å²) in [7, 11) is 0. The number of ketones is 1. The molecule has 2 saturated heterocycles. The number of rotatable bonds is 7. The van der Waals surface area contributed by atoms with Crippen LogP contribution in [0.1, 0.15) is 63.7 Å². The van der Waals surface area contributed by atoms with E-state index in [0.717, 1.165) is 10.2 Å². The van der Waals surface area contributed by atoms with Gasteiger partial charge in [0.15, 0.2) is 5.01 Å². The van der Waals surface area contributed by atoms with E-state index in [4.69, 9.17) is 4.74 Å². The van der Waals surface area contributed by atoms with Crippen LogP contribution in [-0.4, -0.2) is 64.3 Å². The van der Waals surface area contributed by atoms with Crippen molar-refractivity contribution in [3.05, 3.63) is 29.3 Å². The Morgan fingerprint density at radius 1 is 1.26 bits per heavy atom. The Morgan fingerprint density at radius 3 is 2.66 bits per heavy atom. The lowest BCUT2D eigenvalue weighted by atomic mass is 9.95. The highest BCUT2D eigenvalue weighted by molar-refractivity contribution is 7.20. The zero-order valence-corrected chi connectivity index (χ0v) is 23.4. The number of Topliss-reactive ketones (excluding diaryl/α,β-unsaturated/α-hetero) is 1. The molecule has 0 bridgehead atoms. The minimum absolute atomic E-state index is 0.0433. The lowest BCUT2D eigenvalue weighted by Gasteiger charge is -2.32. The number of nitrogens with one attached hydrogen (secondary N) is 2. The number of amides is 3. The molecule has 0 unspecified atom stereocenters. The van der Waals surface area contributed by atoms with Crippen molar-refractivity contribution < 1.29 is 23.9 Å². The minimum Gasteiger partial charge on any atom is -0.444 e. The first-order valence-corrected chi connectivity index (χ1v) is 14.1. The fraction of sp³-hybridized carbons (Fsp3) is 0.607. The van der Waals surface area contributed by atoms with Crippen molar-refractivity contribution in [2.45, 2.75) is 71.6 Å². The van der Waals surface area contributed by atoms with Crippen molar-refractivity contribution in [3.8, 4) is 0 Å². The molecule has 2 aromatic rings. The van der Waals surface area contributed by atoms with E-state index in [2.05, 4.69) is 29.5 Å². The quantitative estimate of drug-likeness (QED) is 0.516. The maximum atomic E-state index is 13.6. The van der Waals surface area contributed by atoms with Gasteiger partial charge in [0.25, 0.3) is 0 Å². The summed E-state index contributed by atoms with van der Waals surface area (Å²) in [4.78, 5) is 58.5. The standard InChI is InChI=1S/C28H36N4O5S/c1-27(2,3)37-26(36)32-14-16-22(28(16,4)5)19(32)13-21(33)30-18(12-15-10-11-29-24(15)35)23(34)25-31-17-8-6-7-9-20(17)38-25/h6-9,15-16,18-19,22H,10-14H2,1-5H3,(H,29,35)(H,30,33)/t15-,16-,18-,19+,22-/m0/s1. The van der Waals surface area contributed by atoms with Gasteiger partial charge in [0, 0.05) is 31.5 Å². The Morgan fingerprint density at radius 2 is 2.00 bits per heavy atom. The number of piperidine rings is 1. The van der Waals surface area contributed by atoms with E-state index in [1.54, 1.807) is 4.90 Å². The van der Waals surface area contributed by atoms with Crippen LogP contribution in [0, 0.1) is 23.2 Å². The van der Waals surface area contributed by atoms with E-state index < -0.39 is 17.7 Å². The highest BCUT2D eigenvalue weighted by Crippen LogP contribution is 2.65. The number of para-hydroxylation sites is 1. The van der Waals surface area contributed by atoms with E-state index in [1.165, 1.54) is 11.3 Å². The number of likely N-dealkylation sites (tertiary alicyclic amines) is 1. The monoisotopic (exact) mass is 540 g/mol. The number of thiazole rings is 1. The summed E-state index contributed by atoms with van der Waals surface area (Å²) in [5.74, 6) is -0.551. The lowest BCUT2D eigenvalue weighted by molar-refractivity contribution is -0.125. The molecule has 204 valence electrons. The van der Waals surface area contributed by atoms with E-state index in [0.29, 0.717) is 30.4 Å². The summed E-state index contributed by atoms with van der Waals surface area (Å²) in [5, 5.41) is 6.05. The molecular formula is C28H36N4O5S. The molecule has 0 radical (unpaired) electrons. The van der Waals surface area contributed by atoms with Gasteiger partial charge in [0.05, 0.1) is 16.3 Å². The number of hydrogen-bond acceptors (Lipinski definition) is 7. The largest absolute Gasteiger partial charge is 0.444 e. The average molecular weight is 541 g/mol. The zero-order chi connectivity index (χ0) is 27.4. The second kappa shape index (κ2) is 9.63. The van der Waals surface area contributed by atoms with Gasteiger partial charge in [-0.2, -0.15) is 0 Å². The molecule has 2 aliphatic heterocycles. The predicted octanol–water partition coefficient (Wildman–Crippen LogP) is 3.77.